The SMILES string of the molecule is O=C(O)COc1ccc(-c2cnccn2)cc1CN1CC2CCCC(C2)C1. The van der Waals surface area contributed by atoms with E-state index in [1.54, 1.807) is 18.6 Å². The minimum absolute atomic E-state index is 0.331. The van der Waals surface area contributed by atoms with Crippen LogP contribution in [0.3, 0.4) is 0 Å². The number of fused-ring (bicyclic) bond motifs is 2. The fraction of sp³-hybridized carbons (Fsp3) is 0.476. The van der Waals surface area contributed by atoms with Crippen LogP contribution in [-0.4, -0.2) is 45.6 Å². The van der Waals surface area contributed by atoms with Crippen molar-refractivity contribution in [3.8, 4) is 17.0 Å². The zero-order valence-electron chi connectivity index (χ0n) is 15.4. The van der Waals surface area contributed by atoms with Gasteiger partial charge in [-0.1, -0.05) is 6.42 Å². The number of hydrogen-bond acceptors (Lipinski definition) is 5. The van der Waals surface area contributed by atoms with Crippen LogP contribution < -0.4 is 4.74 Å². The maximum atomic E-state index is 10.9. The number of rotatable bonds is 6. The number of aromatic nitrogens is 2. The van der Waals surface area contributed by atoms with Gasteiger partial charge in [-0.15, -0.1) is 0 Å². The van der Waals surface area contributed by atoms with Crippen molar-refractivity contribution < 1.29 is 14.6 Å². The van der Waals surface area contributed by atoms with Crippen LogP contribution in [0.4, 0.5) is 0 Å². The summed E-state index contributed by atoms with van der Waals surface area (Å²) < 4.78 is 5.56. The molecule has 1 saturated carbocycles. The van der Waals surface area contributed by atoms with Gasteiger partial charge < -0.3 is 9.84 Å². The normalized spacial score (nSPS) is 22.4. The van der Waals surface area contributed by atoms with E-state index < -0.39 is 5.97 Å². The molecule has 0 amide bonds. The number of nitrogens with zero attached hydrogens (tertiary/aromatic N) is 3. The van der Waals surface area contributed by atoms with E-state index in [0.29, 0.717) is 5.75 Å². The maximum absolute atomic E-state index is 10.9. The number of piperidine rings is 1. The number of ether oxygens (including phenoxy) is 1. The lowest BCUT2D eigenvalue weighted by molar-refractivity contribution is -0.139. The lowest BCUT2D eigenvalue weighted by Crippen LogP contribution is -2.42. The number of hydrogen-bond donors (Lipinski definition) is 1. The molecule has 0 radical (unpaired) electrons. The lowest BCUT2D eigenvalue weighted by atomic mass is 9.78. The minimum atomic E-state index is -0.966. The predicted octanol–water partition coefficient (Wildman–Crippen LogP) is 3.23. The molecule has 1 aliphatic carbocycles. The molecule has 1 aliphatic heterocycles. The fourth-order valence-corrected chi connectivity index (χ4v) is 4.50. The molecule has 2 bridgehead atoms. The molecule has 2 unspecified atom stereocenters. The third-order valence-corrected chi connectivity index (χ3v) is 5.59. The molecule has 1 aromatic carbocycles. The smallest absolute Gasteiger partial charge is 0.341 e. The molecule has 2 fully saturated rings. The number of benzene rings is 1. The Kier molecular flexibility index (Phi) is 5.34. The first kappa shape index (κ1) is 17.9. The third kappa shape index (κ3) is 4.45. The van der Waals surface area contributed by atoms with Gasteiger partial charge in [-0.25, -0.2) is 4.79 Å². The fourth-order valence-electron chi connectivity index (χ4n) is 4.50. The van der Waals surface area contributed by atoms with Crippen molar-refractivity contribution in [1.29, 1.82) is 0 Å². The number of carbonyl (C=O) groups is 1. The second kappa shape index (κ2) is 8.05. The summed E-state index contributed by atoms with van der Waals surface area (Å²) in [7, 11) is 0. The van der Waals surface area contributed by atoms with Gasteiger partial charge in [0.15, 0.2) is 6.61 Å². The largest absolute Gasteiger partial charge is 0.482 e. The van der Waals surface area contributed by atoms with Crippen LogP contribution >= 0.6 is 0 Å². The van der Waals surface area contributed by atoms with E-state index >= 15 is 0 Å². The topological polar surface area (TPSA) is 75.5 Å². The van der Waals surface area contributed by atoms with Gasteiger partial charge in [-0.05, 0) is 49.3 Å². The molecular formula is C21H25N3O3. The Morgan fingerprint density at radius 2 is 2.04 bits per heavy atom. The highest BCUT2D eigenvalue weighted by Crippen LogP contribution is 2.36. The van der Waals surface area contributed by atoms with Crippen molar-refractivity contribution >= 4 is 5.97 Å². The summed E-state index contributed by atoms with van der Waals surface area (Å²) in [5.74, 6) is 1.26. The van der Waals surface area contributed by atoms with Gasteiger partial charge in [0.05, 0.1) is 11.9 Å². The average Bonchev–Trinajstić information content (AvgIpc) is 2.67. The zero-order valence-corrected chi connectivity index (χ0v) is 15.4. The van der Waals surface area contributed by atoms with Gasteiger partial charge in [0.25, 0.3) is 0 Å². The molecule has 2 heterocycles. The van der Waals surface area contributed by atoms with Gasteiger partial charge in [0.1, 0.15) is 5.75 Å². The third-order valence-electron chi connectivity index (χ3n) is 5.59. The highest BCUT2D eigenvalue weighted by Gasteiger charge is 2.30. The van der Waals surface area contributed by atoms with Crippen LogP contribution in [0.25, 0.3) is 11.3 Å². The van der Waals surface area contributed by atoms with Crippen molar-refractivity contribution in [2.75, 3.05) is 19.7 Å². The Morgan fingerprint density at radius 1 is 1.22 bits per heavy atom. The average molecular weight is 367 g/mol. The Hall–Kier alpha value is -2.47. The van der Waals surface area contributed by atoms with Crippen molar-refractivity contribution in [2.45, 2.75) is 32.2 Å². The zero-order chi connectivity index (χ0) is 18.6. The molecule has 1 saturated heterocycles. The Bertz CT molecular complexity index is 785. The van der Waals surface area contributed by atoms with E-state index in [4.69, 9.17) is 9.84 Å². The van der Waals surface area contributed by atoms with Crippen LogP contribution in [0, 0.1) is 11.8 Å². The second-order valence-electron chi connectivity index (χ2n) is 7.69. The molecule has 1 N–H and O–H groups in total. The van der Waals surface area contributed by atoms with Crippen molar-refractivity contribution in [3.05, 3.63) is 42.4 Å². The van der Waals surface area contributed by atoms with Gasteiger partial charge in [-0.3, -0.25) is 14.9 Å². The molecule has 2 aliphatic rings. The number of aliphatic carboxylic acids is 1. The first-order valence-electron chi connectivity index (χ1n) is 9.63. The summed E-state index contributed by atoms with van der Waals surface area (Å²) in [5.41, 5.74) is 2.79. The Balaban J connectivity index is 1.58. The minimum Gasteiger partial charge on any atom is -0.482 e. The Morgan fingerprint density at radius 3 is 2.74 bits per heavy atom. The van der Waals surface area contributed by atoms with Gasteiger partial charge in [0.2, 0.25) is 0 Å². The van der Waals surface area contributed by atoms with Crippen LogP contribution in [0.1, 0.15) is 31.2 Å². The molecule has 1 aromatic heterocycles. The highest BCUT2D eigenvalue weighted by atomic mass is 16.5. The van der Waals surface area contributed by atoms with Crippen molar-refractivity contribution in [2.24, 2.45) is 11.8 Å². The Labute approximate surface area is 159 Å². The van der Waals surface area contributed by atoms with E-state index in [1.807, 2.05) is 12.1 Å². The molecular weight excluding hydrogens is 342 g/mol. The molecule has 6 heteroatoms. The van der Waals surface area contributed by atoms with Crippen LogP contribution in [0.15, 0.2) is 36.8 Å². The molecule has 27 heavy (non-hydrogen) atoms. The van der Waals surface area contributed by atoms with E-state index in [9.17, 15) is 4.79 Å². The number of carboxylic acid groups (broad SMARTS) is 1. The van der Waals surface area contributed by atoms with Crippen LogP contribution in [0.5, 0.6) is 5.75 Å². The highest BCUT2D eigenvalue weighted by molar-refractivity contribution is 5.69. The summed E-state index contributed by atoms with van der Waals surface area (Å²) in [6.07, 6.45) is 10.4. The first-order valence-corrected chi connectivity index (χ1v) is 9.63. The summed E-state index contributed by atoms with van der Waals surface area (Å²) in [5, 5.41) is 8.97. The molecule has 2 atom stereocenters. The monoisotopic (exact) mass is 367 g/mol. The van der Waals surface area contributed by atoms with Crippen LogP contribution in [-0.2, 0) is 11.3 Å². The predicted molar refractivity (Wildman–Crippen MR) is 101 cm³/mol. The van der Waals surface area contributed by atoms with E-state index in [0.717, 1.165) is 48.3 Å². The van der Waals surface area contributed by atoms with Gasteiger partial charge >= 0.3 is 5.97 Å². The molecule has 0 spiro atoms. The summed E-state index contributed by atoms with van der Waals surface area (Å²) in [6, 6.07) is 5.83. The first-order chi connectivity index (χ1) is 13.2. The number of carboxylic acids is 1. The molecule has 142 valence electrons. The summed E-state index contributed by atoms with van der Waals surface area (Å²) in [6.45, 7) is 2.67. The second-order valence-corrected chi connectivity index (χ2v) is 7.69. The number of likely N-dealkylation sites (tertiary alicyclic amines) is 1. The van der Waals surface area contributed by atoms with Crippen molar-refractivity contribution in [3.63, 3.8) is 0 Å². The van der Waals surface area contributed by atoms with Crippen molar-refractivity contribution in [1.82, 2.24) is 14.9 Å². The maximum Gasteiger partial charge on any atom is 0.341 e. The van der Waals surface area contributed by atoms with Crippen LogP contribution in [0.2, 0.25) is 0 Å². The standard InChI is InChI=1S/C21H25N3O3/c25-21(26)14-27-20-5-4-17(19-10-22-6-7-23-19)9-18(20)13-24-11-15-2-1-3-16(8-15)12-24/h4-7,9-10,15-16H,1-3,8,11-14H2,(H,25,26). The lowest BCUT2D eigenvalue weighted by Gasteiger charge is -2.41. The van der Waals surface area contributed by atoms with Gasteiger partial charge in [-0.2, -0.15) is 0 Å². The summed E-state index contributed by atoms with van der Waals surface area (Å²) >= 11 is 0. The van der Waals surface area contributed by atoms with E-state index in [2.05, 4.69) is 20.9 Å². The molecule has 6 nitrogen and oxygen atoms in total. The van der Waals surface area contributed by atoms with E-state index in [-0.39, 0.29) is 6.61 Å². The van der Waals surface area contributed by atoms with E-state index in [1.165, 1.54) is 25.7 Å². The molecule has 2 aromatic rings. The quantitative estimate of drug-likeness (QED) is 0.845. The summed E-state index contributed by atoms with van der Waals surface area (Å²) in [4.78, 5) is 22.0. The van der Waals surface area contributed by atoms with Gasteiger partial charge in [0, 0.05) is 43.2 Å². The molecule has 4 rings (SSSR count).